The number of primary amides is 1. The highest BCUT2D eigenvalue weighted by Crippen LogP contribution is 2.57. The first-order valence-electron chi connectivity index (χ1n) is 16.9. The number of aromatic nitrogens is 5. The fourth-order valence-electron chi connectivity index (χ4n) is 7.02. The van der Waals surface area contributed by atoms with Gasteiger partial charge in [-0.05, 0) is 62.1 Å². The van der Waals surface area contributed by atoms with Crippen LogP contribution in [0, 0.1) is 41.2 Å². The van der Waals surface area contributed by atoms with Gasteiger partial charge in [0.1, 0.15) is 46.8 Å². The van der Waals surface area contributed by atoms with Gasteiger partial charge in [0.05, 0.1) is 33.6 Å². The summed E-state index contributed by atoms with van der Waals surface area (Å²) in [4.78, 5) is 30.6. The molecule has 5 aromatic rings. The first-order valence-corrected chi connectivity index (χ1v) is 18.0. The molecule has 0 aliphatic heterocycles. The van der Waals surface area contributed by atoms with Crippen molar-refractivity contribution in [3.8, 4) is 34.8 Å². The summed E-state index contributed by atoms with van der Waals surface area (Å²) >= 11 is 6.59. The Morgan fingerprint density at radius 1 is 1.11 bits per heavy atom. The van der Waals surface area contributed by atoms with Crippen molar-refractivity contribution in [1.82, 2.24) is 29.9 Å². The topological polar surface area (TPSA) is 153 Å². The Bertz CT molecular complexity index is 2580. The quantitative estimate of drug-likeness (QED) is 0.0798. The Morgan fingerprint density at radius 3 is 2.43 bits per heavy atom. The van der Waals surface area contributed by atoms with Crippen LogP contribution in [0.4, 0.5) is 32.6 Å². The number of hydrogen-bond donors (Lipinski definition) is 4. The predicted octanol–water partition coefficient (Wildman–Crippen LogP) is 6.14. The third-order valence-electron chi connectivity index (χ3n) is 9.24. The van der Waals surface area contributed by atoms with Crippen LogP contribution in [-0.4, -0.2) is 47.2 Å². The van der Waals surface area contributed by atoms with Crippen molar-refractivity contribution in [2.45, 2.75) is 56.2 Å². The van der Waals surface area contributed by atoms with Gasteiger partial charge in [0, 0.05) is 29.8 Å². The van der Waals surface area contributed by atoms with Crippen molar-refractivity contribution in [1.29, 1.82) is 0 Å². The number of rotatable bonds is 9. The molecular weight excluding hydrogens is 778 g/mol. The van der Waals surface area contributed by atoms with Gasteiger partial charge in [-0.3, -0.25) is 19.5 Å². The van der Waals surface area contributed by atoms with E-state index in [-0.39, 0.29) is 45.5 Å². The Hall–Kier alpha value is -5.54. The molecule has 0 spiro atoms. The largest absolute Gasteiger partial charge is 0.378 e. The van der Waals surface area contributed by atoms with Crippen molar-refractivity contribution in [2.75, 3.05) is 5.32 Å². The molecule has 0 fully saturated rings. The molecule has 2 aliphatic carbocycles. The molecular formula is C38H31ClF5N8O3P. The van der Waals surface area contributed by atoms with Crippen LogP contribution in [-0.2, 0) is 30.7 Å². The number of nitrogens with two attached hydrogens (primary N) is 1. The van der Waals surface area contributed by atoms with Crippen LogP contribution >= 0.6 is 20.8 Å². The number of carbonyl (C=O) groups excluding carboxylic acids is 2. The zero-order chi connectivity index (χ0) is 40.4. The van der Waals surface area contributed by atoms with Gasteiger partial charge in [-0.25, -0.2) is 22.9 Å². The number of alkyl halides is 3. The summed E-state index contributed by atoms with van der Waals surface area (Å²) in [6, 6.07) is 6.97. The number of nitrogens with zero attached hydrogens (tertiary/aromatic N) is 5. The molecule has 3 unspecified atom stereocenters. The summed E-state index contributed by atoms with van der Waals surface area (Å²) in [6.07, 6.45) is -0.284. The van der Waals surface area contributed by atoms with Gasteiger partial charge < -0.3 is 16.2 Å². The molecule has 2 aromatic carbocycles. The summed E-state index contributed by atoms with van der Waals surface area (Å²) in [5.74, 6) is 0.251. The number of fused-ring (bicyclic) bond motifs is 4. The van der Waals surface area contributed by atoms with Gasteiger partial charge in [0.15, 0.2) is 11.7 Å². The molecule has 288 valence electrons. The lowest BCUT2D eigenvalue weighted by molar-refractivity contribution is -0.123. The zero-order valence-electron chi connectivity index (χ0n) is 29.7. The number of halogens is 6. The zero-order valence-corrected chi connectivity index (χ0v) is 31.6. The van der Waals surface area contributed by atoms with Crippen molar-refractivity contribution in [3.05, 3.63) is 93.0 Å². The highest BCUT2D eigenvalue weighted by Gasteiger charge is 2.60. The van der Waals surface area contributed by atoms with Crippen molar-refractivity contribution < 1.29 is 36.6 Å². The maximum absolute atomic E-state index is 15.6. The maximum atomic E-state index is 15.6. The van der Waals surface area contributed by atoms with Crippen LogP contribution in [0.15, 0.2) is 42.5 Å². The molecule has 5 N–H and O–H groups in total. The lowest BCUT2D eigenvalue weighted by Crippen LogP contribution is -2.36. The molecule has 0 saturated heterocycles. The van der Waals surface area contributed by atoms with E-state index in [9.17, 15) is 27.9 Å². The number of aryl methyl sites for hydroxylation is 1. The lowest BCUT2D eigenvalue weighted by Gasteiger charge is -2.24. The second-order valence-corrected chi connectivity index (χ2v) is 14.9. The number of nitrogens with one attached hydrogen (secondary N) is 2. The average molecular weight is 809 g/mol. The van der Waals surface area contributed by atoms with E-state index in [0.717, 1.165) is 16.8 Å². The monoisotopic (exact) mass is 808 g/mol. The van der Waals surface area contributed by atoms with E-state index in [0.29, 0.717) is 28.1 Å². The molecule has 0 radical (unpaired) electrons. The van der Waals surface area contributed by atoms with Crippen LogP contribution in [0.3, 0.4) is 0 Å². The normalized spacial score (nSPS) is 17.4. The summed E-state index contributed by atoms with van der Waals surface area (Å²) in [7, 11) is 3.46. The molecule has 3 amide bonds. The SMILES string of the molecule is Cn1nc(NC(N)=O)c2c(Cl)ccc(-c3ccc(C#CC(C)(C)O)nc3C(Cc3cc(F)cc(F)c3)NC(=O)Cn3nc(C(F)P)c4c3C(F)(F)[C@@H]3C#C[C@H]43)c21. The number of hydrogen-bond acceptors (Lipinski definition) is 6. The van der Waals surface area contributed by atoms with Gasteiger partial charge in [0.25, 0.3) is 0 Å². The molecule has 3 heterocycles. The number of aliphatic hydroxyl groups is 1. The van der Waals surface area contributed by atoms with Crippen LogP contribution in [0.5, 0.6) is 0 Å². The number of anilines is 1. The maximum Gasteiger partial charge on any atom is 0.317 e. The average Bonchev–Trinajstić information content (AvgIpc) is 3.64. The van der Waals surface area contributed by atoms with E-state index in [1.165, 1.54) is 24.6 Å². The summed E-state index contributed by atoms with van der Waals surface area (Å²) in [6.45, 7) is 2.12. The molecule has 0 bridgehead atoms. The molecule has 5 atom stereocenters. The second-order valence-electron chi connectivity index (χ2n) is 13.9. The lowest BCUT2D eigenvalue weighted by atomic mass is 9.84. The Morgan fingerprint density at radius 2 is 1.80 bits per heavy atom. The van der Waals surface area contributed by atoms with Crippen LogP contribution < -0.4 is 16.4 Å². The fourth-order valence-corrected chi connectivity index (χ4v) is 7.51. The minimum atomic E-state index is -3.53. The third-order valence-corrected chi connectivity index (χ3v) is 9.87. The number of amides is 3. The van der Waals surface area contributed by atoms with Crippen molar-refractivity contribution in [2.24, 2.45) is 18.7 Å². The molecule has 3 aromatic heterocycles. The van der Waals surface area contributed by atoms with Gasteiger partial charge in [-0.15, -0.1) is 0 Å². The van der Waals surface area contributed by atoms with E-state index < -0.39 is 71.1 Å². The van der Waals surface area contributed by atoms with Crippen molar-refractivity contribution >= 4 is 49.5 Å². The summed E-state index contributed by atoms with van der Waals surface area (Å²) < 4.78 is 77.3. The number of carbonyl (C=O) groups is 2. The van der Waals surface area contributed by atoms with Crippen LogP contribution in [0.1, 0.15) is 65.6 Å². The first-order chi connectivity index (χ1) is 26.3. The Labute approximate surface area is 323 Å². The highest BCUT2D eigenvalue weighted by atomic mass is 35.5. The van der Waals surface area contributed by atoms with Crippen molar-refractivity contribution in [3.63, 3.8) is 0 Å². The van der Waals surface area contributed by atoms with Crippen LogP contribution in [0.25, 0.3) is 22.0 Å². The van der Waals surface area contributed by atoms with E-state index in [1.807, 2.05) is 9.24 Å². The summed E-state index contributed by atoms with van der Waals surface area (Å²) in [5, 5.41) is 24.5. The molecule has 7 rings (SSSR count). The number of pyridine rings is 1. The van der Waals surface area contributed by atoms with Gasteiger partial charge in [-0.1, -0.05) is 44.7 Å². The molecule has 18 heteroatoms. The third kappa shape index (κ3) is 7.16. The smallest absolute Gasteiger partial charge is 0.317 e. The van der Waals surface area contributed by atoms with E-state index in [4.69, 9.17) is 22.3 Å². The van der Waals surface area contributed by atoms with E-state index in [2.05, 4.69) is 44.5 Å². The Balaban J connectivity index is 1.38. The molecule has 11 nitrogen and oxygen atoms in total. The number of benzene rings is 2. The predicted molar refractivity (Wildman–Crippen MR) is 200 cm³/mol. The van der Waals surface area contributed by atoms with E-state index in [1.54, 1.807) is 25.2 Å². The second kappa shape index (κ2) is 14.2. The van der Waals surface area contributed by atoms with E-state index >= 15 is 8.78 Å². The highest BCUT2D eigenvalue weighted by molar-refractivity contribution is 7.16. The van der Waals surface area contributed by atoms with Gasteiger partial charge in [0.2, 0.25) is 5.91 Å². The fraction of sp³-hybridized carbons (Fsp3) is 0.289. The minimum absolute atomic E-state index is 0.0480. The number of urea groups is 1. The molecule has 2 aliphatic rings. The summed E-state index contributed by atoms with van der Waals surface area (Å²) in [5.41, 5.74) is 4.44. The van der Waals surface area contributed by atoms with Gasteiger partial charge in [-0.2, -0.15) is 19.0 Å². The Kier molecular flexibility index (Phi) is 9.82. The van der Waals surface area contributed by atoms with Crippen LogP contribution in [0.2, 0.25) is 5.02 Å². The molecule has 0 saturated carbocycles. The molecule has 56 heavy (non-hydrogen) atoms. The van der Waals surface area contributed by atoms with Gasteiger partial charge >= 0.3 is 12.0 Å². The standard InChI is InChI=1S/C38H31ClF5N8O3P/c1-37(2,55)11-10-20-4-5-21(22-7-9-25(39)29-32(22)51(3)50-35(29)48-36(45)54)30(46-20)26(14-17-12-18(40)15-19(41)13-17)47-27(53)16-52-33-28(31(49-52)34(42)56)23-6-8-24(23)38(33,43)44/h4-5,7,9,12-13,15,23-24,26,34,55H,14,16,56H2,1-3H3,(H,47,53)(H3,45,48,50,54)/t23-,24+,26?,34?/m0/s1. The minimum Gasteiger partial charge on any atom is -0.378 e. The first kappa shape index (κ1) is 38.7.